The summed E-state index contributed by atoms with van der Waals surface area (Å²) in [6, 6.07) is 6.36. The van der Waals surface area contributed by atoms with E-state index in [9.17, 15) is 43.9 Å². The molecule has 250 valence electrons. The molecule has 1 amide bonds. The summed E-state index contributed by atoms with van der Waals surface area (Å²) in [5.74, 6) is -0.912. The fraction of sp³-hybridized carbons (Fsp3) is 0.419. The van der Waals surface area contributed by atoms with Crippen molar-refractivity contribution in [2.75, 3.05) is 43.2 Å². The monoisotopic (exact) mass is 674 g/mol. The normalized spacial score (nSPS) is 16.3. The topological polar surface area (TPSA) is 73.8 Å². The number of alkyl halides is 6. The molecule has 0 N–H and O–H groups in total. The molecule has 15 heteroatoms. The largest absolute Gasteiger partial charge is 0.416 e. The van der Waals surface area contributed by atoms with Gasteiger partial charge in [-0.05, 0) is 80.3 Å². The Labute approximate surface area is 262 Å². The van der Waals surface area contributed by atoms with Crippen LogP contribution in [0.4, 0.5) is 42.2 Å². The Morgan fingerprint density at radius 1 is 0.913 bits per heavy atom. The fourth-order valence-electron chi connectivity index (χ4n) is 5.51. The van der Waals surface area contributed by atoms with Crippen LogP contribution in [-0.2, 0) is 32.6 Å². The average Bonchev–Trinajstić information content (AvgIpc) is 3.44. The van der Waals surface area contributed by atoms with Crippen molar-refractivity contribution in [2.24, 2.45) is 0 Å². The first kappa shape index (κ1) is 35.1. The molecule has 1 atom stereocenters. The maximum atomic E-state index is 14.1. The van der Waals surface area contributed by atoms with Crippen molar-refractivity contribution >= 4 is 27.4 Å². The predicted molar refractivity (Wildman–Crippen MR) is 160 cm³/mol. The quantitative estimate of drug-likeness (QED) is 0.263. The van der Waals surface area contributed by atoms with Gasteiger partial charge < -0.3 is 9.80 Å². The minimum atomic E-state index is -5.10. The number of pyridine rings is 1. The van der Waals surface area contributed by atoms with Gasteiger partial charge in [0.25, 0.3) is 0 Å². The average molecular weight is 675 g/mol. The zero-order valence-electron chi connectivity index (χ0n) is 25.9. The lowest BCUT2D eigenvalue weighted by Gasteiger charge is -2.32. The highest BCUT2D eigenvalue weighted by molar-refractivity contribution is 7.88. The predicted octanol–water partition coefficient (Wildman–Crippen LogP) is 6.64. The maximum absolute atomic E-state index is 14.1. The third kappa shape index (κ3) is 7.14. The third-order valence-electron chi connectivity index (χ3n) is 8.38. The molecule has 0 unspecified atom stereocenters. The molecular weight excluding hydrogens is 641 g/mol. The third-order valence-corrected chi connectivity index (χ3v) is 9.73. The fourth-order valence-corrected chi connectivity index (χ4v) is 6.22. The van der Waals surface area contributed by atoms with Gasteiger partial charge >= 0.3 is 12.4 Å². The molecular formula is C31H33F7N4O3S. The second-order valence-corrected chi connectivity index (χ2v) is 14.0. The van der Waals surface area contributed by atoms with Gasteiger partial charge in [-0.2, -0.15) is 26.3 Å². The van der Waals surface area contributed by atoms with Crippen molar-refractivity contribution in [2.45, 2.75) is 51.0 Å². The summed E-state index contributed by atoms with van der Waals surface area (Å²) in [6.45, 7) is 4.88. The van der Waals surface area contributed by atoms with Crippen LogP contribution in [0.3, 0.4) is 0 Å². The molecule has 1 saturated heterocycles. The Kier molecular flexibility index (Phi) is 9.27. The van der Waals surface area contributed by atoms with Crippen LogP contribution in [0.1, 0.15) is 42.5 Å². The smallest absolute Gasteiger partial charge is 0.355 e. The van der Waals surface area contributed by atoms with Crippen molar-refractivity contribution in [1.29, 1.82) is 0 Å². The van der Waals surface area contributed by atoms with Crippen LogP contribution < -0.4 is 9.80 Å². The maximum Gasteiger partial charge on any atom is 0.416 e. The number of likely N-dealkylation sites (N-methyl/N-ethyl adjacent to an activating group) is 2. The van der Waals surface area contributed by atoms with E-state index in [1.165, 1.54) is 56.6 Å². The van der Waals surface area contributed by atoms with Gasteiger partial charge in [0.2, 0.25) is 15.9 Å². The molecule has 3 aromatic rings. The standard InChI is InChI=1S/C31H33F7N4O3S/c1-18-11-22(32)7-8-24(18)25-15-27(42-10-9-23(17-42)41(5)46(6,44)45)39-16-26(25)40(4)28(43)29(2,3)19-12-20(30(33,34)35)14-21(13-19)31(36,37)38/h7-8,11-16,23H,9-10,17H2,1-6H3/t23-/m0/s1. The summed E-state index contributed by atoms with van der Waals surface area (Å²) in [5, 5.41) is 0. The second kappa shape index (κ2) is 12.1. The number of rotatable bonds is 7. The summed E-state index contributed by atoms with van der Waals surface area (Å²) in [6.07, 6.45) is -7.23. The lowest BCUT2D eigenvalue weighted by atomic mass is 9.81. The molecule has 0 saturated carbocycles. The first-order valence-electron chi connectivity index (χ1n) is 14.0. The second-order valence-electron chi connectivity index (χ2n) is 12.0. The van der Waals surface area contributed by atoms with Crippen molar-refractivity contribution in [3.8, 4) is 11.1 Å². The number of carbonyl (C=O) groups excluding carboxylic acids is 1. The summed E-state index contributed by atoms with van der Waals surface area (Å²) < 4.78 is 121. The van der Waals surface area contributed by atoms with E-state index in [2.05, 4.69) is 4.98 Å². The minimum absolute atomic E-state index is 0.00241. The number of aromatic nitrogens is 1. The van der Waals surface area contributed by atoms with Gasteiger partial charge in [0.1, 0.15) is 11.6 Å². The zero-order valence-corrected chi connectivity index (χ0v) is 26.7. The Balaban J connectivity index is 1.79. The van der Waals surface area contributed by atoms with Gasteiger partial charge in [0.05, 0.1) is 34.7 Å². The highest BCUT2D eigenvalue weighted by Gasteiger charge is 2.41. The summed E-state index contributed by atoms with van der Waals surface area (Å²) in [7, 11) is -0.646. The van der Waals surface area contributed by atoms with E-state index in [0.717, 1.165) is 11.2 Å². The highest BCUT2D eigenvalue weighted by atomic mass is 32.2. The highest BCUT2D eigenvalue weighted by Crippen LogP contribution is 2.41. The number of amides is 1. The van der Waals surface area contributed by atoms with E-state index in [1.54, 1.807) is 13.0 Å². The van der Waals surface area contributed by atoms with Gasteiger partial charge in [-0.3, -0.25) is 4.79 Å². The summed E-state index contributed by atoms with van der Waals surface area (Å²) >= 11 is 0. The molecule has 2 heterocycles. The van der Waals surface area contributed by atoms with Crippen LogP contribution in [0.25, 0.3) is 11.1 Å². The number of carbonyl (C=O) groups is 1. The molecule has 1 aliphatic heterocycles. The Morgan fingerprint density at radius 2 is 1.48 bits per heavy atom. The number of sulfonamides is 1. The molecule has 7 nitrogen and oxygen atoms in total. The number of anilines is 2. The van der Waals surface area contributed by atoms with Crippen LogP contribution in [0, 0.1) is 12.7 Å². The molecule has 1 aromatic heterocycles. The number of benzene rings is 2. The Morgan fingerprint density at radius 3 is 2.00 bits per heavy atom. The Hall–Kier alpha value is -3.72. The SMILES string of the molecule is Cc1cc(F)ccc1-c1cc(N2CC[C@H](N(C)S(C)(=O)=O)C2)ncc1N(C)C(=O)C(C)(C)c1cc(C(F)(F)F)cc(C(F)(F)F)c1. The molecule has 0 bridgehead atoms. The number of hydrogen-bond acceptors (Lipinski definition) is 5. The van der Waals surface area contributed by atoms with E-state index in [0.29, 0.717) is 54.2 Å². The molecule has 0 aliphatic carbocycles. The summed E-state index contributed by atoms with van der Waals surface area (Å²) in [5.41, 5.74) is -3.89. The number of aryl methyl sites for hydroxylation is 1. The van der Waals surface area contributed by atoms with Gasteiger partial charge in [0, 0.05) is 38.8 Å². The first-order chi connectivity index (χ1) is 21.0. The van der Waals surface area contributed by atoms with Gasteiger partial charge in [-0.1, -0.05) is 6.07 Å². The van der Waals surface area contributed by atoms with Crippen molar-refractivity contribution < 1.29 is 43.9 Å². The molecule has 1 aliphatic rings. The number of hydrogen-bond donors (Lipinski definition) is 0. The molecule has 0 spiro atoms. The molecule has 2 aromatic carbocycles. The summed E-state index contributed by atoms with van der Waals surface area (Å²) in [4.78, 5) is 21.4. The first-order valence-corrected chi connectivity index (χ1v) is 15.9. The Bertz CT molecular complexity index is 1730. The van der Waals surface area contributed by atoms with E-state index in [4.69, 9.17) is 0 Å². The molecule has 1 fully saturated rings. The minimum Gasteiger partial charge on any atom is -0.355 e. The number of halogens is 7. The van der Waals surface area contributed by atoms with E-state index < -0.39 is 56.2 Å². The lowest BCUT2D eigenvalue weighted by molar-refractivity contribution is -0.143. The van der Waals surface area contributed by atoms with Crippen molar-refractivity contribution in [3.63, 3.8) is 0 Å². The molecule has 46 heavy (non-hydrogen) atoms. The van der Waals surface area contributed by atoms with Crippen molar-refractivity contribution in [3.05, 3.63) is 76.7 Å². The van der Waals surface area contributed by atoms with Gasteiger partial charge in [-0.25, -0.2) is 22.1 Å². The van der Waals surface area contributed by atoms with Crippen LogP contribution in [0.2, 0.25) is 0 Å². The van der Waals surface area contributed by atoms with Crippen LogP contribution in [-0.4, -0.2) is 63.1 Å². The molecule has 0 radical (unpaired) electrons. The van der Waals surface area contributed by atoms with Crippen LogP contribution >= 0.6 is 0 Å². The van der Waals surface area contributed by atoms with Gasteiger partial charge in [0.15, 0.2) is 0 Å². The number of nitrogens with zero attached hydrogens (tertiary/aromatic N) is 4. The zero-order chi connectivity index (χ0) is 34.6. The van der Waals surface area contributed by atoms with E-state index >= 15 is 0 Å². The molecule has 4 rings (SSSR count). The van der Waals surface area contributed by atoms with E-state index in [1.807, 2.05) is 4.90 Å². The van der Waals surface area contributed by atoms with Crippen LogP contribution in [0.5, 0.6) is 0 Å². The van der Waals surface area contributed by atoms with Crippen LogP contribution in [0.15, 0.2) is 48.7 Å². The van der Waals surface area contributed by atoms with Crippen molar-refractivity contribution in [1.82, 2.24) is 9.29 Å². The van der Waals surface area contributed by atoms with E-state index in [-0.39, 0.29) is 17.8 Å². The lowest BCUT2D eigenvalue weighted by Crippen LogP contribution is -2.42. The van der Waals surface area contributed by atoms with Gasteiger partial charge in [-0.15, -0.1) is 0 Å².